The van der Waals surface area contributed by atoms with E-state index in [0.29, 0.717) is 12.3 Å². The summed E-state index contributed by atoms with van der Waals surface area (Å²) < 4.78 is 0. The molecule has 1 unspecified atom stereocenters. The third-order valence-electron chi connectivity index (χ3n) is 4.25. The van der Waals surface area contributed by atoms with Crippen molar-refractivity contribution in [3.63, 3.8) is 0 Å². The summed E-state index contributed by atoms with van der Waals surface area (Å²) in [5.41, 5.74) is 2.30. The van der Waals surface area contributed by atoms with Gasteiger partial charge in [-0.05, 0) is 25.5 Å². The highest BCUT2D eigenvalue weighted by Gasteiger charge is 2.23. The van der Waals surface area contributed by atoms with Crippen LogP contribution < -0.4 is 0 Å². The fraction of sp³-hybridized carbons (Fsp3) is 0.562. The minimum absolute atomic E-state index is 0.100. The molecule has 0 radical (unpaired) electrons. The van der Waals surface area contributed by atoms with Crippen LogP contribution in [0.15, 0.2) is 17.6 Å². The predicted molar refractivity (Wildman–Crippen MR) is 90.4 cm³/mol. The Morgan fingerprint density at radius 2 is 2.39 bits per heavy atom. The monoisotopic (exact) mass is 333 g/mol. The van der Waals surface area contributed by atoms with Crippen LogP contribution in [0, 0.1) is 0 Å². The highest BCUT2D eigenvalue weighted by Crippen LogP contribution is 2.26. The number of likely N-dealkylation sites (N-methyl/N-ethyl adjacent to an activating group) is 1. The van der Waals surface area contributed by atoms with E-state index >= 15 is 0 Å². The Balaban J connectivity index is 1.57. The molecule has 23 heavy (non-hydrogen) atoms. The first-order valence-electron chi connectivity index (χ1n) is 7.97. The molecule has 2 aromatic rings. The van der Waals surface area contributed by atoms with Crippen molar-refractivity contribution in [1.29, 1.82) is 0 Å². The van der Waals surface area contributed by atoms with Crippen molar-refractivity contribution < 1.29 is 4.79 Å². The van der Waals surface area contributed by atoms with Gasteiger partial charge in [0.2, 0.25) is 5.91 Å². The SMILES string of the molecule is CN(C)C(=O)Cc1nc(CN2CCCC(c3ccn[nH]3)C2)cs1. The van der Waals surface area contributed by atoms with Crippen molar-refractivity contribution in [2.75, 3.05) is 27.2 Å². The van der Waals surface area contributed by atoms with Gasteiger partial charge in [0.15, 0.2) is 0 Å². The van der Waals surface area contributed by atoms with Crippen LogP contribution in [-0.2, 0) is 17.8 Å². The Labute approximate surface area is 140 Å². The van der Waals surface area contributed by atoms with E-state index in [0.717, 1.165) is 30.3 Å². The van der Waals surface area contributed by atoms with Gasteiger partial charge in [-0.25, -0.2) is 4.98 Å². The Kier molecular flexibility index (Phi) is 5.07. The van der Waals surface area contributed by atoms with Crippen molar-refractivity contribution in [1.82, 2.24) is 25.0 Å². The quantitative estimate of drug-likeness (QED) is 0.907. The Morgan fingerprint density at radius 1 is 1.52 bits per heavy atom. The van der Waals surface area contributed by atoms with E-state index in [1.165, 1.54) is 18.5 Å². The lowest BCUT2D eigenvalue weighted by Gasteiger charge is -2.31. The molecule has 1 N–H and O–H groups in total. The molecule has 7 heteroatoms. The number of carbonyl (C=O) groups excluding carboxylic acids is 1. The molecule has 1 atom stereocenters. The summed E-state index contributed by atoms with van der Waals surface area (Å²) in [6, 6.07) is 2.07. The summed E-state index contributed by atoms with van der Waals surface area (Å²) in [6.45, 7) is 3.00. The van der Waals surface area contributed by atoms with Gasteiger partial charge in [0, 0.05) is 50.4 Å². The van der Waals surface area contributed by atoms with E-state index in [-0.39, 0.29) is 5.91 Å². The first kappa shape index (κ1) is 16.1. The van der Waals surface area contributed by atoms with E-state index in [1.54, 1.807) is 30.3 Å². The number of piperidine rings is 1. The molecule has 1 aliphatic rings. The van der Waals surface area contributed by atoms with Gasteiger partial charge < -0.3 is 4.90 Å². The number of H-pyrrole nitrogens is 1. The highest BCUT2D eigenvalue weighted by atomic mass is 32.1. The maximum Gasteiger partial charge on any atom is 0.228 e. The van der Waals surface area contributed by atoms with Crippen LogP contribution in [0.25, 0.3) is 0 Å². The van der Waals surface area contributed by atoms with Crippen molar-refractivity contribution in [3.8, 4) is 0 Å². The van der Waals surface area contributed by atoms with Crippen LogP contribution in [0.2, 0.25) is 0 Å². The molecule has 6 nitrogen and oxygen atoms in total. The molecular formula is C16H23N5OS. The number of rotatable bonds is 5. The Hall–Kier alpha value is -1.73. The minimum Gasteiger partial charge on any atom is -0.348 e. The number of hydrogen-bond acceptors (Lipinski definition) is 5. The maximum atomic E-state index is 11.8. The lowest BCUT2D eigenvalue weighted by Crippen LogP contribution is -2.34. The second-order valence-corrected chi connectivity index (χ2v) is 7.23. The lowest BCUT2D eigenvalue weighted by atomic mass is 9.95. The zero-order valence-corrected chi connectivity index (χ0v) is 14.5. The van der Waals surface area contributed by atoms with E-state index in [2.05, 4.69) is 31.5 Å². The number of amides is 1. The van der Waals surface area contributed by atoms with E-state index in [4.69, 9.17) is 0 Å². The average Bonchev–Trinajstić information content (AvgIpc) is 3.19. The second-order valence-electron chi connectivity index (χ2n) is 6.28. The third-order valence-corrected chi connectivity index (χ3v) is 5.15. The summed E-state index contributed by atoms with van der Waals surface area (Å²) in [7, 11) is 3.56. The summed E-state index contributed by atoms with van der Waals surface area (Å²) in [4.78, 5) is 20.4. The molecule has 0 saturated carbocycles. The molecule has 3 rings (SSSR count). The number of thiazole rings is 1. The Bertz CT molecular complexity index is 637. The first-order valence-corrected chi connectivity index (χ1v) is 8.85. The van der Waals surface area contributed by atoms with E-state index < -0.39 is 0 Å². The van der Waals surface area contributed by atoms with Crippen LogP contribution >= 0.6 is 11.3 Å². The van der Waals surface area contributed by atoms with Gasteiger partial charge in [0.25, 0.3) is 0 Å². The molecule has 0 spiro atoms. The minimum atomic E-state index is 0.100. The number of hydrogen-bond donors (Lipinski definition) is 1. The molecule has 0 aliphatic carbocycles. The normalized spacial score (nSPS) is 19.0. The number of nitrogens with one attached hydrogen (secondary N) is 1. The van der Waals surface area contributed by atoms with Crippen molar-refractivity contribution >= 4 is 17.2 Å². The summed E-state index contributed by atoms with van der Waals surface area (Å²) in [5, 5.41) is 10.1. The lowest BCUT2D eigenvalue weighted by molar-refractivity contribution is -0.127. The van der Waals surface area contributed by atoms with Gasteiger partial charge in [-0.2, -0.15) is 5.10 Å². The number of aromatic amines is 1. The number of aromatic nitrogens is 3. The van der Waals surface area contributed by atoms with Crippen molar-refractivity contribution in [3.05, 3.63) is 34.0 Å². The smallest absolute Gasteiger partial charge is 0.228 e. The van der Waals surface area contributed by atoms with E-state index in [9.17, 15) is 4.79 Å². The van der Waals surface area contributed by atoms with Gasteiger partial charge in [0.05, 0.1) is 12.1 Å². The average molecular weight is 333 g/mol. The molecule has 1 amide bonds. The van der Waals surface area contributed by atoms with Crippen molar-refractivity contribution in [2.45, 2.75) is 31.7 Å². The summed E-state index contributed by atoms with van der Waals surface area (Å²) in [6.07, 6.45) is 4.62. The standard InChI is InChI=1S/C16H23N5OS/c1-20(2)16(22)8-15-18-13(11-23-15)10-21-7-3-4-12(9-21)14-5-6-17-19-14/h5-6,11-12H,3-4,7-10H2,1-2H3,(H,17,19). The molecule has 1 saturated heterocycles. The summed E-state index contributed by atoms with van der Waals surface area (Å²) >= 11 is 1.58. The summed E-state index contributed by atoms with van der Waals surface area (Å²) in [5.74, 6) is 0.628. The van der Waals surface area contributed by atoms with Gasteiger partial charge in [-0.15, -0.1) is 11.3 Å². The van der Waals surface area contributed by atoms with Gasteiger partial charge in [-0.1, -0.05) is 0 Å². The molecule has 2 aromatic heterocycles. The highest BCUT2D eigenvalue weighted by molar-refractivity contribution is 7.09. The van der Waals surface area contributed by atoms with Crippen LogP contribution in [0.3, 0.4) is 0 Å². The van der Waals surface area contributed by atoms with Gasteiger partial charge >= 0.3 is 0 Å². The fourth-order valence-corrected chi connectivity index (χ4v) is 3.74. The predicted octanol–water partition coefficient (Wildman–Crippen LogP) is 1.88. The first-order chi connectivity index (χ1) is 11.1. The molecule has 0 bridgehead atoms. The zero-order valence-electron chi connectivity index (χ0n) is 13.7. The third kappa shape index (κ3) is 4.17. The number of carbonyl (C=O) groups is 1. The maximum absolute atomic E-state index is 11.8. The van der Waals surface area contributed by atoms with Crippen LogP contribution in [0.1, 0.15) is 35.2 Å². The van der Waals surface area contributed by atoms with Gasteiger partial charge in [0.1, 0.15) is 5.01 Å². The Morgan fingerprint density at radius 3 is 3.13 bits per heavy atom. The molecule has 1 fully saturated rings. The van der Waals surface area contributed by atoms with Crippen LogP contribution in [-0.4, -0.2) is 58.1 Å². The van der Waals surface area contributed by atoms with E-state index in [1.807, 2.05) is 6.20 Å². The molecule has 3 heterocycles. The van der Waals surface area contributed by atoms with Crippen LogP contribution in [0.4, 0.5) is 0 Å². The zero-order chi connectivity index (χ0) is 16.2. The second kappa shape index (κ2) is 7.23. The molecule has 1 aliphatic heterocycles. The topological polar surface area (TPSA) is 65.1 Å². The number of likely N-dealkylation sites (tertiary alicyclic amines) is 1. The number of nitrogens with zero attached hydrogens (tertiary/aromatic N) is 4. The molecular weight excluding hydrogens is 310 g/mol. The van der Waals surface area contributed by atoms with Crippen molar-refractivity contribution in [2.24, 2.45) is 0 Å². The van der Waals surface area contributed by atoms with Crippen LogP contribution in [0.5, 0.6) is 0 Å². The molecule has 124 valence electrons. The molecule has 0 aromatic carbocycles. The fourth-order valence-electron chi connectivity index (χ4n) is 2.97. The largest absolute Gasteiger partial charge is 0.348 e. The van der Waals surface area contributed by atoms with Gasteiger partial charge in [-0.3, -0.25) is 14.8 Å².